The molecule has 1 fully saturated rings. The Kier molecular flexibility index (Phi) is 6.54. The van der Waals surface area contributed by atoms with Crippen LogP contribution in [0.25, 0.3) is 0 Å². The second-order valence-corrected chi connectivity index (χ2v) is 8.18. The van der Waals surface area contributed by atoms with Gasteiger partial charge >= 0.3 is 0 Å². The molecule has 6 nitrogen and oxygen atoms in total. The van der Waals surface area contributed by atoms with E-state index in [2.05, 4.69) is 17.4 Å². The molecular weight excluding hydrogens is 390 g/mol. The van der Waals surface area contributed by atoms with Crippen molar-refractivity contribution in [3.05, 3.63) is 53.1 Å². The van der Waals surface area contributed by atoms with Crippen LogP contribution in [0.1, 0.15) is 12.0 Å². The van der Waals surface area contributed by atoms with Crippen molar-refractivity contribution in [3.8, 4) is 11.5 Å². The highest BCUT2D eigenvalue weighted by atomic mass is 35.5. The molecule has 7 heteroatoms. The zero-order valence-electron chi connectivity index (χ0n) is 16.5. The van der Waals surface area contributed by atoms with Crippen LogP contribution in [-0.4, -0.2) is 51.8 Å². The number of carbonyl (C=O) groups excluding carboxylic acids is 1. The van der Waals surface area contributed by atoms with Crippen molar-refractivity contribution in [2.45, 2.75) is 13.0 Å². The number of amides is 1. The van der Waals surface area contributed by atoms with E-state index in [1.54, 1.807) is 4.90 Å². The number of hydrogen-bond donors (Lipinski definition) is 3. The monoisotopic (exact) mass is 417 g/mol. The van der Waals surface area contributed by atoms with Gasteiger partial charge in [-0.3, -0.25) is 4.79 Å². The van der Waals surface area contributed by atoms with Gasteiger partial charge in [0.25, 0.3) is 5.91 Å². The number of ether oxygens (including phenoxy) is 2. The lowest BCUT2D eigenvalue weighted by Crippen LogP contribution is -3.28. The quantitative estimate of drug-likeness (QED) is 0.661. The minimum atomic E-state index is 0.0376. The predicted octanol–water partition coefficient (Wildman–Crippen LogP) is 0.423. The number of halogens is 1. The van der Waals surface area contributed by atoms with Crippen LogP contribution in [0, 0.1) is 0 Å². The van der Waals surface area contributed by atoms with E-state index in [9.17, 15) is 4.79 Å². The Morgan fingerprint density at radius 2 is 1.62 bits per heavy atom. The first kappa shape index (κ1) is 20.0. The van der Waals surface area contributed by atoms with Gasteiger partial charge in [0.1, 0.15) is 32.7 Å². The molecule has 0 aliphatic carbocycles. The van der Waals surface area contributed by atoms with Gasteiger partial charge in [-0.15, -0.1) is 0 Å². The molecule has 2 aliphatic heterocycles. The average molecular weight is 418 g/mol. The molecule has 2 aromatic carbocycles. The van der Waals surface area contributed by atoms with E-state index in [4.69, 9.17) is 21.1 Å². The smallest absolute Gasteiger partial charge is 0.279 e. The zero-order valence-corrected chi connectivity index (χ0v) is 17.3. The van der Waals surface area contributed by atoms with E-state index < -0.39 is 0 Å². The normalized spacial score (nSPS) is 21.3. The molecule has 0 atom stereocenters. The second kappa shape index (κ2) is 9.48. The van der Waals surface area contributed by atoms with E-state index in [1.807, 2.05) is 30.3 Å². The summed E-state index contributed by atoms with van der Waals surface area (Å²) in [5.41, 5.74) is 2.06. The van der Waals surface area contributed by atoms with Crippen molar-refractivity contribution in [1.82, 2.24) is 0 Å². The van der Waals surface area contributed by atoms with Gasteiger partial charge in [-0.05, 0) is 24.3 Å². The highest BCUT2D eigenvalue weighted by Gasteiger charge is 2.25. The van der Waals surface area contributed by atoms with Crippen molar-refractivity contribution in [2.75, 3.05) is 51.3 Å². The number of quaternary nitrogens is 2. The molecule has 29 heavy (non-hydrogen) atoms. The summed E-state index contributed by atoms with van der Waals surface area (Å²) in [6, 6.07) is 13.7. The standard InChI is InChI=1S/C22H26ClN3O3/c23-18-4-2-17(3-5-18)15-25-8-10-26(11-9-25)16-22(27)24-19-6-7-20-21(14-19)29-13-1-12-28-20/h2-7,14H,1,8-13,15-16H2,(H,24,27)/p+2. The third-order valence-electron chi connectivity index (χ3n) is 5.47. The Hall–Kier alpha value is -2.28. The molecule has 3 N–H and O–H groups in total. The van der Waals surface area contributed by atoms with Gasteiger partial charge < -0.3 is 24.6 Å². The first-order valence-electron chi connectivity index (χ1n) is 10.3. The van der Waals surface area contributed by atoms with Gasteiger partial charge in [-0.2, -0.15) is 0 Å². The molecular formula is C22H28ClN3O3+2. The second-order valence-electron chi connectivity index (χ2n) is 7.74. The summed E-state index contributed by atoms with van der Waals surface area (Å²) in [6.45, 7) is 6.92. The Balaban J connectivity index is 1.23. The number of nitrogens with one attached hydrogen (secondary N) is 3. The molecule has 0 aromatic heterocycles. The van der Waals surface area contributed by atoms with Crippen LogP contribution in [0.3, 0.4) is 0 Å². The molecule has 4 rings (SSSR count). The fraction of sp³-hybridized carbons (Fsp3) is 0.409. The SMILES string of the molecule is O=C(C[NH+]1CC[NH+](Cc2ccc(Cl)cc2)CC1)Nc1ccc2c(c1)OCCCO2. The van der Waals surface area contributed by atoms with Gasteiger partial charge in [0, 0.05) is 28.8 Å². The van der Waals surface area contributed by atoms with Crippen molar-refractivity contribution < 1.29 is 24.1 Å². The third-order valence-corrected chi connectivity index (χ3v) is 5.73. The highest BCUT2D eigenvalue weighted by Crippen LogP contribution is 2.32. The van der Waals surface area contributed by atoms with Gasteiger partial charge in [-0.25, -0.2) is 0 Å². The maximum absolute atomic E-state index is 12.5. The summed E-state index contributed by atoms with van der Waals surface area (Å²) in [5.74, 6) is 1.48. The molecule has 0 bridgehead atoms. The lowest BCUT2D eigenvalue weighted by molar-refractivity contribution is -1.02. The zero-order chi connectivity index (χ0) is 20.1. The summed E-state index contributed by atoms with van der Waals surface area (Å²) in [4.78, 5) is 15.4. The number of rotatable bonds is 5. The summed E-state index contributed by atoms with van der Waals surface area (Å²) in [5, 5.41) is 3.78. The summed E-state index contributed by atoms with van der Waals surface area (Å²) in [6.07, 6.45) is 0.867. The Morgan fingerprint density at radius 1 is 0.931 bits per heavy atom. The maximum atomic E-state index is 12.5. The molecule has 0 saturated carbocycles. The average Bonchev–Trinajstić information content (AvgIpc) is 2.96. The van der Waals surface area contributed by atoms with Crippen molar-refractivity contribution in [1.29, 1.82) is 0 Å². The fourth-order valence-electron chi connectivity index (χ4n) is 3.87. The molecule has 0 radical (unpaired) electrons. The molecule has 2 heterocycles. The predicted molar refractivity (Wildman–Crippen MR) is 112 cm³/mol. The summed E-state index contributed by atoms with van der Waals surface area (Å²) in [7, 11) is 0. The van der Waals surface area contributed by atoms with Crippen LogP contribution in [-0.2, 0) is 11.3 Å². The number of hydrogen-bond acceptors (Lipinski definition) is 3. The first-order valence-corrected chi connectivity index (χ1v) is 10.6. The summed E-state index contributed by atoms with van der Waals surface area (Å²) < 4.78 is 11.3. The lowest BCUT2D eigenvalue weighted by Gasteiger charge is -2.29. The first-order chi connectivity index (χ1) is 14.2. The van der Waals surface area contributed by atoms with Crippen LogP contribution in [0.4, 0.5) is 5.69 Å². The largest absolute Gasteiger partial charge is 0.490 e. The van der Waals surface area contributed by atoms with Gasteiger partial charge in [0.05, 0.1) is 13.2 Å². The molecule has 2 aliphatic rings. The van der Waals surface area contributed by atoms with E-state index >= 15 is 0 Å². The number of fused-ring (bicyclic) bond motifs is 1. The number of anilines is 1. The summed E-state index contributed by atoms with van der Waals surface area (Å²) >= 11 is 5.96. The van der Waals surface area contributed by atoms with Crippen LogP contribution < -0.4 is 24.6 Å². The topological polar surface area (TPSA) is 56.4 Å². The van der Waals surface area contributed by atoms with Crippen molar-refractivity contribution in [2.24, 2.45) is 0 Å². The Morgan fingerprint density at radius 3 is 2.38 bits per heavy atom. The number of carbonyl (C=O) groups is 1. The molecule has 1 saturated heterocycles. The highest BCUT2D eigenvalue weighted by molar-refractivity contribution is 6.30. The van der Waals surface area contributed by atoms with E-state index in [0.717, 1.165) is 55.6 Å². The van der Waals surface area contributed by atoms with Gasteiger partial charge in [-0.1, -0.05) is 23.7 Å². The van der Waals surface area contributed by atoms with Crippen LogP contribution in [0.2, 0.25) is 5.02 Å². The molecule has 154 valence electrons. The van der Waals surface area contributed by atoms with Crippen LogP contribution >= 0.6 is 11.6 Å². The van der Waals surface area contributed by atoms with Crippen molar-refractivity contribution >= 4 is 23.2 Å². The Labute approximate surface area is 176 Å². The van der Waals surface area contributed by atoms with Crippen LogP contribution in [0.15, 0.2) is 42.5 Å². The van der Waals surface area contributed by atoms with Crippen molar-refractivity contribution in [3.63, 3.8) is 0 Å². The minimum Gasteiger partial charge on any atom is -0.490 e. The molecule has 1 amide bonds. The van der Waals surface area contributed by atoms with Gasteiger partial charge in [0.2, 0.25) is 0 Å². The minimum absolute atomic E-state index is 0.0376. The lowest BCUT2D eigenvalue weighted by atomic mass is 10.2. The molecule has 2 aromatic rings. The molecule has 0 spiro atoms. The van der Waals surface area contributed by atoms with Gasteiger partial charge in [0.15, 0.2) is 18.0 Å². The Bertz CT molecular complexity index is 836. The van der Waals surface area contributed by atoms with E-state index in [0.29, 0.717) is 25.5 Å². The molecule has 0 unspecified atom stereocenters. The van der Waals surface area contributed by atoms with E-state index in [-0.39, 0.29) is 5.91 Å². The number of piperazine rings is 1. The fourth-order valence-corrected chi connectivity index (χ4v) is 4.00. The number of benzene rings is 2. The van der Waals surface area contributed by atoms with Crippen LogP contribution in [0.5, 0.6) is 11.5 Å². The van der Waals surface area contributed by atoms with E-state index in [1.165, 1.54) is 10.5 Å². The maximum Gasteiger partial charge on any atom is 0.279 e. The third kappa shape index (κ3) is 5.63.